The first-order valence-electron chi connectivity index (χ1n) is 8.74. The zero-order valence-electron chi connectivity index (χ0n) is 16.1. The van der Waals surface area contributed by atoms with Crippen LogP contribution in [0, 0.1) is 6.92 Å². The van der Waals surface area contributed by atoms with E-state index in [9.17, 15) is 18.0 Å². The summed E-state index contributed by atoms with van der Waals surface area (Å²) >= 11 is 0. The van der Waals surface area contributed by atoms with Crippen molar-refractivity contribution >= 4 is 32.6 Å². The number of nitrogens with two attached hydrogens (primary N) is 1. The van der Waals surface area contributed by atoms with E-state index in [1.165, 1.54) is 31.4 Å². The second-order valence-electron chi connectivity index (χ2n) is 6.44. The van der Waals surface area contributed by atoms with Crippen LogP contribution in [0.3, 0.4) is 0 Å². The molecule has 2 aromatic carbocycles. The molecule has 0 radical (unpaired) electrons. The zero-order chi connectivity index (χ0) is 21.3. The lowest BCUT2D eigenvalue weighted by atomic mass is 10.1. The number of carbonyl (C=O) groups excluding carboxylic acids is 1. The van der Waals surface area contributed by atoms with Crippen LogP contribution in [0.5, 0.6) is 5.75 Å². The van der Waals surface area contributed by atoms with E-state index in [1.807, 2.05) is 6.92 Å². The smallest absolute Gasteiger partial charge is 0.349 e. The Morgan fingerprint density at radius 3 is 2.52 bits per heavy atom. The molecule has 0 aliphatic rings. The number of nitrogens with one attached hydrogen (secondary N) is 1. The number of rotatable bonds is 5. The van der Waals surface area contributed by atoms with Crippen LogP contribution >= 0.6 is 0 Å². The number of sulfonamides is 1. The highest BCUT2D eigenvalue weighted by molar-refractivity contribution is 7.89. The Morgan fingerprint density at radius 1 is 1.21 bits per heavy atom. The molecule has 0 spiro atoms. The maximum atomic E-state index is 12.7. The monoisotopic (exact) mass is 416 g/mol. The molecule has 0 fully saturated rings. The molecule has 1 heterocycles. The molecule has 1 amide bonds. The number of primary sulfonamides is 1. The second kappa shape index (κ2) is 7.69. The molecular formula is C20H20N2O6S. The highest BCUT2D eigenvalue weighted by Gasteiger charge is 2.18. The van der Waals surface area contributed by atoms with Crippen molar-refractivity contribution in [3.63, 3.8) is 0 Å². The molecule has 1 aromatic heterocycles. The summed E-state index contributed by atoms with van der Waals surface area (Å²) < 4.78 is 33.6. The number of anilines is 1. The Balaban J connectivity index is 2.00. The van der Waals surface area contributed by atoms with Gasteiger partial charge in [0.05, 0.1) is 12.0 Å². The van der Waals surface area contributed by atoms with Gasteiger partial charge < -0.3 is 14.5 Å². The highest BCUT2D eigenvalue weighted by atomic mass is 32.2. The number of hydrogen-bond acceptors (Lipinski definition) is 6. The lowest BCUT2D eigenvalue weighted by Gasteiger charge is -2.11. The molecule has 0 unspecified atom stereocenters. The van der Waals surface area contributed by atoms with Crippen LogP contribution < -0.4 is 20.8 Å². The predicted octanol–water partition coefficient (Wildman–Crippen LogP) is 2.57. The molecule has 0 aliphatic carbocycles. The Morgan fingerprint density at radius 2 is 1.93 bits per heavy atom. The number of aryl methyl sites for hydroxylation is 2. The van der Waals surface area contributed by atoms with Crippen molar-refractivity contribution in [1.29, 1.82) is 0 Å². The van der Waals surface area contributed by atoms with Crippen molar-refractivity contribution in [2.75, 3.05) is 12.4 Å². The summed E-state index contributed by atoms with van der Waals surface area (Å²) in [5, 5.41) is 8.30. The molecule has 0 aliphatic heterocycles. The fourth-order valence-electron chi connectivity index (χ4n) is 3.05. The molecule has 29 heavy (non-hydrogen) atoms. The van der Waals surface area contributed by atoms with Crippen molar-refractivity contribution in [2.45, 2.75) is 25.2 Å². The Hall–Kier alpha value is -3.17. The zero-order valence-corrected chi connectivity index (χ0v) is 16.9. The largest absolute Gasteiger partial charge is 0.496 e. The maximum absolute atomic E-state index is 12.7. The summed E-state index contributed by atoms with van der Waals surface area (Å²) in [7, 11) is -2.32. The van der Waals surface area contributed by atoms with E-state index in [0.29, 0.717) is 34.4 Å². The summed E-state index contributed by atoms with van der Waals surface area (Å²) in [5.41, 5.74) is 1.00. The van der Waals surface area contributed by atoms with Gasteiger partial charge in [-0.1, -0.05) is 6.92 Å². The van der Waals surface area contributed by atoms with Gasteiger partial charge in [-0.2, -0.15) is 0 Å². The van der Waals surface area contributed by atoms with Crippen LogP contribution in [-0.4, -0.2) is 21.4 Å². The Labute approximate surface area is 167 Å². The van der Waals surface area contributed by atoms with Crippen LogP contribution in [0.1, 0.15) is 28.4 Å². The number of methoxy groups -OCH3 is 1. The Kier molecular flexibility index (Phi) is 5.45. The van der Waals surface area contributed by atoms with Crippen molar-refractivity contribution in [3.05, 3.63) is 63.5 Å². The van der Waals surface area contributed by atoms with E-state index in [0.717, 1.165) is 5.56 Å². The van der Waals surface area contributed by atoms with Gasteiger partial charge >= 0.3 is 5.63 Å². The minimum atomic E-state index is -3.85. The summed E-state index contributed by atoms with van der Waals surface area (Å²) in [6.07, 6.45) is 0.588. The van der Waals surface area contributed by atoms with Gasteiger partial charge in [0.25, 0.3) is 5.91 Å². The first kappa shape index (κ1) is 20.6. The van der Waals surface area contributed by atoms with Crippen LogP contribution in [0.25, 0.3) is 11.0 Å². The molecule has 0 bridgehead atoms. The van der Waals surface area contributed by atoms with Gasteiger partial charge in [-0.3, -0.25) is 4.79 Å². The van der Waals surface area contributed by atoms with E-state index >= 15 is 0 Å². The summed E-state index contributed by atoms with van der Waals surface area (Å²) in [4.78, 5) is 25.0. The predicted molar refractivity (Wildman–Crippen MR) is 109 cm³/mol. The molecule has 152 valence electrons. The van der Waals surface area contributed by atoms with Gasteiger partial charge in [0.15, 0.2) is 0 Å². The number of hydrogen-bond donors (Lipinski definition) is 2. The van der Waals surface area contributed by atoms with Gasteiger partial charge in [0.2, 0.25) is 10.0 Å². The molecular weight excluding hydrogens is 396 g/mol. The van der Waals surface area contributed by atoms with E-state index in [1.54, 1.807) is 19.1 Å². The van der Waals surface area contributed by atoms with E-state index in [-0.39, 0.29) is 10.5 Å². The molecule has 0 atom stereocenters. The number of benzene rings is 2. The summed E-state index contributed by atoms with van der Waals surface area (Å²) in [5.74, 6) is -0.0631. The van der Waals surface area contributed by atoms with Gasteiger partial charge in [0.1, 0.15) is 16.9 Å². The normalized spacial score (nSPS) is 11.4. The number of amides is 1. The average molecular weight is 416 g/mol. The standard InChI is InChI=1S/C20H20N2O6S/c1-4-14-17(27-3)8-5-12-10-15(20(24)28-18(12)14)19(23)22-16-7-6-13(9-11(16)2)29(21,25)26/h5-10H,4H2,1-3H3,(H,22,23)(H2,21,25,26). The highest BCUT2D eigenvalue weighted by Crippen LogP contribution is 2.28. The van der Waals surface area contributed by atoms with E-state index in [2.05, 4.69) is 5.32 Å². The third-order valence-electron chi connectivity index (χ3n) is 4.56. The average Bonchev–Trinajstić information content (AvgIpc) is 2.67. The van der Waals surface area contributed by atoms with Gasteiger partial charge in [-0.15, -0.1) is 0 Å². The quantitative estimate of drug-likeness (QED) is 0.615. The van der Waals surface area contributed by atoms with Crippen LogP contribution in [0.2, 0.25) is 0 Å². The molecule has 3 aromatic rings. The maximum Gasteiger partial charge on any atom is 0.349 e. The lowest BCUT2D eigenvalue weighted by molar-refractivity contribution is 0.102. The van der Waals surface area contributed by atoms with Crippen LogP contribution in [-0.2, 0) is 16.4 Å². The summed E-state index contributed by atoms with van der Waals surface area (Å²) in [6.45, 7) is 3.53. The van der Waals surface area contributed by atoms with Crippen molar-refractivity contribution in [2.24, 2.45) is 5.14 Å². The summed E-state index contributed by atoms with van der Waals surface area (Å²) in [6, 6.07) is 8.95. The van der Waals surface area contributed by atoms with Crippen LogP contribution in [0.4, 0.5) is 5.69 Å². The minimum absolute atomic E-state index is 0.0701. The lowest BCUT2D eigenvalue weighted by Crippen LogP contribution is -2.21. The van der Waals surface area contributed by atoms with Crippen molar-refractivity contribution in [1.82, 2.24) is 0 Å². The Bertz CT molecular complexity index is 1280. The topological polar surface area (TPSA) is 129 Å². The number of ether oxygens (including phenoxy) is 1. The first-order valence-corrected chi connectivity index (χ1v) is 10.3. The van der Waals surface area contributed by atoms with E-state index < -0.39 is 21.6 Å². The fraction of sp³-hybridized carbons (Fsp3) is 0.200. The third kappa shape index (κ3) is 4.01. The van der Waals surface area contributed by atoms with Gasteiger partial charge in [-0.25, -0.2) is 18.4 Å². The minimum Gasteiger partial charge on any atom is -0.496 e. The fourth-order valence-corrected chi connectivity index (χ4v) is 3.65. The van der Waals surface area contributed by atoms with Crippen molar-refractivity contribution < 1.29 is 22.4 Å². The second-order valence-corrected chi connectivity index (χ2v) is 8.00. The molecule has 0 saturated heterocycles. The van der Waals surface area contributed by atoms with Gasteiger partial charge in [-0.05, 0) is 55.3 Å². The van der Waals surface area contributed by atoms with Crippen LogP contribution in [0.15, 0.2) is 50.5 Å². The van der Waals surface area contributed by atoms with Gasteiger partial charge in [0, 0.05) is 16.6 Å². The molecule has 0 saturated carbocycles. The molecule has 9 heteroatoms. The van der Waals surface area contributed by atoms with E-state index in [4.69, 9.17) is 14.3 Å². The van der Waals surface area contributed by atoms with Crippen molar-refractivity contribution in [3.8, 4) is 5.75 Å². The number of fused-ring (bicyclic) bond motifs is 1. The third-order valence-corrected chi connectivity index (χ3v) is 5.47. The first-order chi connectivity index (χ1) is 13.7. The molecule has 3 N–H and O–H groups in total. The molecule has 3 rings (SSSR count). The SMILES string of the molecule is CCc1c(OC)ccc2cc(C(=O)Nc3ccc(S(N)(=O)=O)cc3C)c(=O)oc12. The number of carbonyl (C=O) groups is 1. The molecule has 8 nitrogen and oxygen atoms in total.